The number of aryl methyl sites for hydroxylation is 1. The first kappa shape index (κ1) is 13.1. The molecule has 0 amide bonds. The fourth-order valence-corrected chi connectivity index (χ4v) is 1.92. The van der Waals surface area contributed by atoms with E-state index in [1.165, 1.54) is 6.07 Å². The molecule has 0 saturated heterocycles. The Kier molecular flexibility index (Phi) is 4.04. The highest BCUT2D eigenvalue weighted by Crippen LogP contribution is 2.23. The van der Waals surface area contributed by atoms with Gasteiger partial charge in [0.15, 0.2) is 0 Å². The summed E-state index contributed by atoms with van der Waals surface area (Å²) < 4.78 is 19.0. The van der Waals surface area contributed by atoms with Gasteiger partial charge in [0.05, 0.1) is 0 Å². The molecule has 1 heterocycles. The number of aliphatic hydroxyl groups excluding tert-OH is 1. The summed E-state index contributed by atoms with van der Waals surface area (Å²) in [4.78, 5) is 0. The average Bonchev–Trinajstić information content (AvgIpc) is 2.81. The van der Waals surface area contributed by atoms with Crippen LogP contribution in [0.25, 0.3) is 0 Å². The zero-order chi connectivity index (χ0) is 13.1. The molecule has 2 rings (SSSR count). The van der Waals surface area contributed by atoms with Crippen LogP contribution < -0.4 is 0 Å². The van der Waals surface area contributed by atoms with Gasteiger partial charge in [-0.25, -0.2) is 4.39 Å². The summed E-state index contributed by atoms with van der Waals surface area (Å²) in [6.45, 7) is 1.97. The standard InChI is InChI=1S/C14H14ClFO2/c1-2-11-5-6-14(18-11)13(17)7-9-3-4-10(15)8-12(9)16/h3-6,8,13,17H,2,7H2,1H3. The Bertz CT molecular complexity index is 536. The summed E-state index contributed by atoms with van der Waals surface area (Å²) in [6, 6.07) is 7.95. The third-order valence-corrected chi connectivity index (χ3v) is 3.02. The van der Waals surface area contributed by atoms with Gasteiger partial charge in [-0.1, -0.05) is 24.6 Å². The third kappa shape index (κ3) is 2.92. The third-order valence-electron chi connectivity index (χ3n) is 2.79. The van der Waals surface area contributed by atoms with Crippen molar-refractivity contribution in [2.75, 3.05) is 0 Å². The second-order valence-electron chi connectivity index (χ2n) is 4.11. The van der Waals surface area contributed by atoms with Crippen LogP contribution in [-0.2, 0) is 12.8 Å². The van der Waals surface area contributed by atoms with E-state index in [1.807, 2.05) is 13.0 Å². The van der Waals surface area contributed by atoms with E-state index in [9.17, 15) is 9.50 Å². The predicted octanol–water partition coefficient (Wildman–Crippen LogP) is 3.91. The molecule has 1 N–H and O–H groups in total. The number of furan rings is 1. The molecule has 96 valence electrons. The monoisotopic (exact) mass is 268 g/mol. The molecule has 18 heavy (non-hydrogen) atoms. The Hall–Kier alpha value is -1.32. The Morgan fingerprint density at radius 2 is 2.11 bits per heavy atom. The van der Waals surface area contributed by atoms with Crippen molar-refractivity contribution in [3.8, 4) is 0 Å². The van der Waals surface area contributed by atoms with Gasteiger partial charge in [-0.15, -0.1) is 0 Å². The van der Waals surface area contributed by atoms with Crippen LogP contribution in [0.4, 0.5) is 4.39 Å². The van der Waals surface area contributed by atoms with Gasteiger partial charge in [0.2, 0.25) is 0 Å². The Morgan fingerprint density at radius 1 is 1.33 bits per heavy atom. The lowest BCUT2D eigenvalue weighted by atomic mass is 10.1. The Labute approximate surface area is 110 Å². The van der Waals surface area contributed by atoms with Crippen LogP contribution in [0.2, 0.25) is 5.02 Å². The van der Waals surface area contributed by atoms with Gasteiger partial charge < -0.3 is 9.52 Å². The van der Waals surface area contributed by atoms with Crippen molar-refractivity contribution in [1.29, 1.82) is 0 Å². The van der Waals surface area contributed by atoms with Gasteiger partial charge in [0.25, 0.3) is 0 Å². The van der Waals surface area contributed by atoms with E-state index in [2.05, 4.69) is 0 Å². The van der Waals surface area contributed by atoms with E-state index >= 15 is 0 Å². The van der Waals surface area contributed by atoms with Crippen LogP contribution in [0.5, 0.6) is 0 Å². The summed E-state index contributed by atoms with van der Waals surface area (Å²) in [7, 11) is 0. The van der Waals surface area contributed by atoms with Gasteiger partial charge in [0.1, 0.15) is 23.4 Å². The fraction of sp³-hybridized carbons (Fsp3) is 0.286. The van der Waals surface area contributed by atoms with Crippen LogP contribution >= 0.6 is 11.6 Å². The lowest BCUT2D eigenvalue weighted by Crippen LogP contribution is -2.02. The molecule has 0 bridgehead atoms. The van der Waals surface area contributed by atoms with E-state index in [0.29, 0.717) is 16.3 Å². The van der Waals surface area contributed by atoms with Crippen molar-refractivity contribution in [1.82, 2.24) is 0 Å². The number of hydrogen-bond acceptors (Lipinski definition) is 2. The first-order chi connectivity index (χ1) is 8.60. The lowest BCUT2D eigenvalue weighted by molar-refractivity contribution is 0.147. The van der Waals surface area contributed by atoms with E-state index in [-0.39, 0.29) is 6.42 Å². The van der Waals surface area contributed by atoms with E-state index < -0.39 is 11.9 Å². The van der Waals surface area contributed by atoms with Gasteiger partial charge in [-0.3, -0.25) is 0 Å². The quantitative estimate of drug-likeness (QED) is 0.912. The summed E-state index contributed by atoms with van der Waals surface area (Å²) in [5.74, 6) is 0.852. The van der Waals surface area contributed by atoms with Crippen LogP contribution in [0, 0.1) is 5.82 Å². The van der Waals surface area contributed by atoms with Crippen LogP contribution in [-0.4, -0.2) is 5.11 Å². The maximum absolute atomic E-state index is 13.6. The molecule has 0 radical (unpaired) electrons. The molecule has 0 saturated carbocycles. The molecule has 0 aliphatic carbocycles. The largest absolute Gasteiger partial charge is 0.463 e. The maximum Gasteiger partial charge on any atom is 0.133 e. The molecule has 0 spiro atoms. The molecule has 1 aromatic carbocycles. The summed E-state index contributed by atoms with van der Waals surface area (Å²) in [5, 5.41) is 10.3. The number of hydrogen-bond donors (Lipinski definition) is 1. The second kappa shape index (κ2) is 5.55. The maximum atomic E-state index is 13.6. The number of halogens is 2. The highest BCUT2D eigenvalue weighted by Gasteiger charge is 2.15. The van der Waals surface area contributed by atoms with Crippen molar-refractivity contribution < 1.29 is 13.9 Å². The van der Waals surface area contributed by atoms with Crippen molar-refractivity contribution in [3.63, 3.8) is 0 Å². The summed E-state index contributed by atoms with van der Waals surface area (Å²) >= 11 is 5.67. The van der Waals surface area contributed by atoms with Crippen LogP contribution in [0.3, 0.4) is 0 Å². The van der Waals surface area contributed by atoms with Crippen molar-refractivity contribution in [2.45, 2.75) is 25.9 Å². The molecule has 4 heteroatoms. The molecule has 0 aliphatic rings. The minimum Gasteiger partial charge on any atom is -0.463 e. The fourth-order valence-electron chi connectivity index (χ4n) is 1.76. The SMILES string of the molecule is CCc1ccc(C(O)Cc2ccc(Cl)cc2F)o1. The number of benzene rings is 1. The smallest absolute Gasteiger partial charge is 0.133 e. The van der Waals surface area contributed by atoms with Gasteiger partial charge in [-0.05, 0) is 29.8 Å². The Balaban J connectivity index is 2.13. The molecule has 0 aliphatic heterocycles. The van der Waals surface area contributed by atoms with Crippen LogP contribution in [0.1, 0.15) is 30.1 Å². The lowest BCUT2D eigenvalue weighted by Gasteiger charge is -2.09. The first-order valence-electron chi connectivity index (χ1n) is 5.80. The van der Waals surface area contributed by atoms with Gasteiger partial charge >= 0.3 is 0 Å². The van der Waals surface area contributed by atoms with E-state index in [0.717, 1.165) is 12.2 Å². The number of aliphatic hydroxyl groups is 1. The highest BCUT2D eigenvalue weighted by atomic mass is 35.5. The molecular formula is C14H14ClFO2. The number of rotatable bonds is 4. The molecule has 1 atom stereocenters. The van der Waals surface area contributed by atoms with Crippen LogP contribution in [0.15, 0.2) is 34.7 Å². The van der Waals surface area contributed by atoms with Gasteiger partial charge in [0, 0.05) is 17.9 Å². The molecule has 2 nitrogen and oxygen atoms in total. The molecule has 1 aromatic heterocycles. The van der Waals surface area contributed by atoms with E-state index in [1.54, 1.807) is 18.2 Å². The average molecular weight is 269 g/mol. The topological polar surface area (TPSA) is 33.4 Å². The molecule has 0 fully saturated rings. The second-order valence-corrected chi connectivity index (χ2v) is 4.55. The van der Waals surface area contributed by atoms with Crippen molar-refractivity contribution in [3.05, 3.63) is 58.3 Å². The summed E-state index contributed by atoms with van der Waals surface area (Å²) in [6.07, 6.45) is 0.0859. The highest BCUT2D eigenvalue weighted by molar-refractivity contribution is 6.30. The van der Waals surface area contributed by atoms with Crippen molar-refractivity contribution >= 4 is 11.6 Å². The minimum absolute atomic E-state index is 0.166. The predicted molar refractivity (Wildman–Crippen MR) is 68.2 cm³/mol. The molecular weight excluding hydrogens is 255 g/mol. The summed E-state index contributed by atoms with van der Waals surface area (Å²) in [5.41, 5.74) is 0.418. The molecule has 2 aromatic rings. The minimum atomic E-state index is -0.846. The Morgan fingerprint density at radius 3 is 2.72 bits per heavy atom. The zero-order valence-electron chi connectivity index (χ0n) is 9.99. The van der Waals surface area contributed by atoms with E-state index in [4.69, 9.17) is 16.0 Å². The molecule has 1 unspecified atom stereocenters. The first-order valence-corrected chi connectivity index (χ1v) is 6.18. The zero-order valence-corrected chi connectivity index (χ0v) is 10.7. The van der Waals surface area contributed by atoms with Crippen molar-refractivity contribution in [2.24, 2.45) is 0 Å². The van der Waals surface area contributed by atoms with Gasteiger partial charge in [-0.2, -0.15) is 0 Å². The normalized spacial score (nSPS) is 12.7.